The highest BCUT2D eigenvalue weighted by Gasteiger charge is 2.32. The highest BCUT2D eigenvalue weighted by molar-refractivity contribution is 5.99. The Labute approximate surface area is 149 Å². The van der Waals surface area contributed by atoms with Crippen molar-refractivity contribution in [2.24, 2.45) is 0 Å². The van der Waals surface area contributed by atoms with Crippen molar-refractivity contribution >= 4 is 17.3 Å². The van der Waals surface area contributed by atoms with E-state index in [0.717, 1.165) is 44.5 Å². The standard InChI is InChI=1S/C18H19F3N4O/c19-18(20,21)13-4-5-14(25-8-2-1-3-9-25)12(10-13)11-15(26)16-17(22)24-7-6-23-16/h4-7,10H,1-3,8-9,11H2,(H2,22,24). The van der Waals surface area contributed by atoms with Gasteiger partial charge in [-0.15, -0.1) is 0 Å². The minimum absolute atomic E-state index is 0.0190. The van der Waals surface area contributed by atoms with Crippen LogP contribution in [0.1, 0.15) is 40.9 Å². The molecule has 2 N–H and O–H groups in total. The lowest BCUT2D eigenvalue weighted by Crippen LogP contribution is -2.30. The van der Waals surface area contributed by atoms with E-state index in [4.69, 9.17) is 5.73 Å². The maximum atomic E-state index is 13.1. The third kappa shape index (κ3) is 3.95. The summed E-state index contributed by atoms with van der Waals surface area (Å²) >= 11 is 0. The summed E-state index contributed by atoms with van der Waals surface area (Å²) in [6.45, 7) is 1.53. The topological polar surface area (TPSA) is 72.1 Å². The van der Waals surface area contributed by atoms with Crippen LogP contribution in [0, 0.1) is 0 Å². The van der Waals surface area contributed by atoms with Crippen LogP contribution >= 0.6 is 0 Å². The monoisotopic (exact) mass is 364 g/mol. The van der Waals surface area contributed by atoms with E-state index >= 15 is 0 Å². The van der Waals surface area contributed by atoms with Gasteiger partial charge in [0.15, 0.2) is 11.6 Å². The van der Waals surface area contributed by atoms with Crippen LogP contribution in [-0.2, 0) is 12.6 Å². The van der Waals surface area contributed by atoms with E-state index in [1.165, 1.54) is 18.5 Å². The van der Waals surface area contributed by atoms with Gasteiger partial charge < -0.3 is 10.6 Å². The summed E-state index contributed by atoms with van der Waals surface area (Å²) in [5.41, 5.74) is 5.87. The van der Waals surface area contributed by atoms with Gasteiger partial charge in [-0.2, -0.15) is 13.2 Å². The van der Waals surface area contributed by atoms with Crippen LogP contribution in [0.5, 0.6) is 0 Å². The number of piperidine rings is 1. The van der Waals surface area contributed by atoms with Gasteiger partial charge in [-0.25, -0.2) is 9.97 Å². The van der Waals surface area contributed by atoms with Crippen molar-refractivity contribution in [3.63, 3.8) is 0 Å². The lowest BCUT2D eigenvalue weighted by molar-refractivity contribution is -0.137. The van der Waals surface area contributed by atoms with Crippen molar-refractivity contribution in [2.75, 3.05) is 23.7 Å². The summed E-state index contributed by atoms with van der Waals surface area (Å²) in [5.74, 6) is -0.475. The first-order chi connectivity index (χ1) is 12.4. The number of rotatable bonds is 4. The molecule has 0 spiro atoms. The summed E-state index contributed by atoms with van der Waals surface area (Å²) in [7, 11) is 0. The zero-order valence-electron chi connectivity index (χ0n) is 14.1. The second kappa shape index (κ2) is 7.31. The van der Waals surface area contributed by atoms with Crippen LogP contribution in [0.2, 0.25) is 0 Å². The van der Waals surface area contributed by atoms with E-state index in [-0.39, 0.29) is 17.9 Å². The molecule has 1 saturated heterocycles. The molecule has 2 aromatic rings. The Morgan fingerprint density at radius 3 is 2.46 bits per heavy atom. The lowest BCUT2D eigenvalue weighted by Gasteiger charge is -2.31. The van der Waals surface area contributed by atoms with Crippen LogP contribution < -0.4 is 10.6 Å². The summed E-state index contributed by atoms with van der Waals surface area (Å²) < 4.78 is 39.4. The summed E-state index contributed by atoms with van der Waals surface area (Å²) in [6, 6.07) is 3.57. The number of carbonyl (C=O) groups excluding carboxylic acids is 1. The van der Waals surface area contributed by atoms with Crippen LogP contribution in [-0.4, -0.2) is 28.8 Å². The van der Waals surface area contributed by atoms with E-state index in [1.807, 2.05) is 4.90 Å². The second-order valence-electron chi connectivity index (χ2n) is 6.28. The van der Waals surface area contributed by atoms with Gasteiger partial charge >= 0.3 is 6.18 Å². The van der Waals surface area contributed by atoms with Gasteiger partial charge in [0.25, 0.3) is 0 Å². The summed E-state index contributed by atoms with van der Waals surface area (Å²) in [4.78, 5) is 22.3. The number of nitrogens with zero attached hydrogens (tertiary/aromatic N) is 3. The molecule has 0 amide bonds. The molecule has 5 nitrogen and oxygen atoms in total. The third-order valence-electron chi connectivity index (χ3n) is 4.45. The van der Waals surface area contributed by atoms with Crippen molar-refractivity contribution in [3.05, 3.63) is 47.4 Å². The van der Waals surface area contributed by atoms with Crippen molar-refractivity contribution < 1.29 is 18.0 Å². The molecule has 138 valence electrons. The SMILES string of the molecule is Nc1nccnc1C(=O)Cc1cc(C(F)(F)F)ccc1N1CCCCC1. The molecule has 0 atom stereocenters. The van der Waals surface area contributed by atoms with Gasteiger partial charge in [-0.05, 0) is 43.0 Å². The molecule has 0 saturated carbocycles. The van der Waals surface area contributed by atoms with E-state index in [9.17, 15) is 18.0 Å². The Hall–Kier alpha value is -2.64. The molecular formula is C18H19F3N4O. The number of hydrogen-bond acceptors (Lipinski definition) is 5. The fourth-order valence-corrected chi connectivity index (χ4v) is 3.17. The number of aromatic nitrogens is 2. The number of hydrogen-bond donors (Lipinski definition) is 1. The Morgan fingerprint density at radius 2 is 1.81 bits per heavy atom. The van der Waals surface area contributed by atoms with Crippen molar-refractivity contribution in [2.45, 2.75) is 31.9 Å². The quantitative estimate of drug-likeness (QED) is 0.841. The Balaban J connectivity index is 1.96. The van der Waals surface area contributed by atoms with Crippen molar-refractivity contribution in [1.29, 1.82) is 0 Å². The van der Waals surface area contributed by atoms with E-state index in [2.05, 4.69) is 9.97 Å². The Kier molecular flexibility index (Phi) is 5.11. The van der Waals surface area contributed by atoms with Crippen LogP contribution in [0.4, 0.5) is 24.7 Å². The number of nitrogens with two attached hydrogens (primary N) is 1. The second-order valence-corrected chi connectivity index (χ2v) is 6.28. The van der Waals surface area contributed by atoms with E-state index in [0.29, 0.717) is 11.3 Å². The highest BCUT2D eigenvalue weighted by atomic mass is 19.4. The average molecular weight is 364 g/mol. The van der Waals surface area contributed by atoms with Gasteiger partial charge in [0.2, 0.25) is 0 Å². The molecule has 0 aliphatic carbocycles. The smallest absolute Gasteiger partial charge is 0.382 e. The number of Topliss-reactive ketones (excluding diaryl/α,β-unsaturated/α-hetero) is 1. The number of carbonyl (C=O) groups is 1. The highest BCUT2D eigenvalue weighted by Crippen LogP contribution is 2.34. The first-order valence-electron chi connectivity index (χ1n) is 8.41. The first kappa shape index (κ1) is 18.2. The van der Waals surface area contributed by atoms with Gasteiger partial charge in [-0.3, -0.25) is 4.79 Å². The predicted octanol–water partition coefficient (Wildman–Crippen LogP) is 3.49. The maximum absolute atomic E-state index is 13.1. The average Bonchev–Trinajstić information content (AvgIpc) is 2.62. The van der Waals surface area contributed by atoms with E-state index < -0.39 is 17.5 Å². The minimum Gasteiger partial charge on any atom is -0.382 e. The first-order valence-corrected chi connectivity index (χ1v) is 8.41. The van der Waals surface area contributed by atoms with E-state index in [1.54, 1.807) is 0 Å². The van der Waals surface area contributed by atoms with Crippen LogP contribution in [0.25, 0.3) is 0 Å². The van der Waals surface area contributed by atoms with Crippen molar-refractivity contribution in [3.8, 4) is 0 Å². The third-order valence-corrected chi connectivity index (χ3v) is 4.45. The molecule has 2 heterocycles. The summed E-state index contributed by atoms with van der Waals surface area (Å²) in [5, 5.41) is 0. The number of anilines is 2. The molecule has 8 heteroatoms. The largest absolute Gasteiger partial charge is 0.416 e. The maximum Gasteiger partial charge on any atom is 0.416 e. The van der Waals surface area contributed by atoms with Gasteiger partial charge in [0, 0.05) is 37.6 Å². The molecule has 0 bridgehead atoms. The molecular weight excluding hydrogens is 345 g/mol. The minimum atomic E-state index is -4.47. The number of benzene rings is 1. The number of alkyl halides is 3. The summed E-state index contributed by atoms with van der Waals surface area (Å²) in [6.07, 6.45) is 1.07. The fourth-order valence-electron chi connectivity index (χ4n) is 3.17. The molecule has 3 rings (SSSR count). The Bertz CT molecular complexity index is 801. The van der Waals surface area contributed by atoms with Crippen molar-refractivity contribution in [1.82, 2.24) is 9.97 Å². The lowest BCUT2D eigenvalue weighted by atomic mass is 9.99. The molecule has 1 aromatic carbocycles. The Morgan fingerprint density at radius 1 is 1.12 bits per heavy atom. The molecule has 0 radical (unpaired) electrons. The molecule has 26 heavy (non-hydrogen) atoms. The zero-order valence-corrected chi connectivity index (χ0v) is 14.1. The molecule has 1 aliphatic heterocycles. The fraction of sp³-hybridized carbons (Fsp3) is 0.389. The molecule has 0 unspecified atom stereocenters. The zero-order chi connectivity index (χ0) is 18.7. The number of nitrogen functional groups attached to an aromatic ring is 1. The van der Waals surface area contributed by atoms with Crippen LogP contribution in [0.3, 0.4) is 0 Å². The number of ketones is 1. The van der Waals surface area contributed by atoms with Gasteiger partial charge in [-0.1, -0.05) is 0 Å². The van der Waals surface area contributed by atoms with Gasteiger partial charge in [0.05, 0.1) is 5.56 Å². The molecule has 1 fully saturated rings. The normalized spacial score (nSPS) is 15.1. The van der Waals surface area contributed by atoms with Crippen LogP contribution in [0.15, 0.2) is 30.6 Å². The van der Waals surface area contributed by atoms with Gasteiger partial charge in [0.1, 0.15) is 5.69 Å². The molecule has 1 aromatic heterocycles. The number of halogens is 3. The predicted molar refractivity (Wildman–Crippen MR) is 92.0 cm³/mol. The molecule has 1 aliphatic rings.